The summed E-state index contributed by atoms with van der Waals surface area (Å²) in [7, 11) is -3.06. The predicted octanol–water partition coefficient (Wildman–Crippen LogP) is 3.42. The van der Waals surface area contributed by atoms with E-state index in [9.17, 15) is 0 Å². The van der Waals surface area contributed by atoms with Crippen LogP contribution in [0.2, 0.25) is 38.8 Å². The quantitative estimate of drug-likeness (QED) is 0.465. The van der Waals surface area contributed by atoms with Crippen molar-refractivity contribution in [3.63, 3.8) is 0 Å². The van der Waals surface area contributed by atoms with Gasteiger partial charge >= 0.3 is 17.1 Å². The van der Waals surface area contributed by atoms with E-state index in [0.29, 0.717) is 12.2 Å². The Kier molecular flexibility index (Phi) is 6.49. The van der Waals surface area contributed by atoms with E-state index in [4.69, 9.17) is 17.7 Å². The molecule has 1 saturated carbocycles. The summed E-state index contributed by atoms with van der Waals surface area (Å²) in [5.74, 6) is 0.795. The van der Waals surface area contributed by atoms with E-state index in [0.717, 1.165) is 18.2 Å². The number of epoxide rings is 1. The van der Waals surface area contributed by atoms with Crippen molar-refractivity contribution in [2.24, 2.45) is 5.92 Å². The molecule has 0 amide bonds. The molecule has 22 heavy (non-hydrogen) atoms. The van der Waals surface area contributed by atoms with Crippen molar-refractivity contribution in [2.45, 2.75) is 76.7 Å². The van der Waals surface area contributed by atoms with Crippen molar-refractivity contribution in [3.8, 4) is 0 Å². The average Bonchev–Trinajstić information content (AvgIpc) is 3.21. The molecule has 0 aromatic carbocycles. The highest BCUT2D eigenvalue weighted by Crippen LogP contribution is 2.41. The maximum atomic E-state index is 6.48. The zero-order chi connectivity index (χ0) is 16.4. The molecule has 7 heteroatoms. The molecule has 0 aromatic rings. The van der Waals surface area contributed by atoms with E-state index < -0.39 is 25.9 Å². The highest BCUT2D eigenvalue weighted by atomic mass is 28.5. The Morgan fingerprint density at radius 3 is 2.45 bits per heavy atom. The van der Waals surface area contributed by atoms with E-state index in [1.165, 1.54) is 25.7 Å². The average molecular weight is 363 g/mol. The van der Waals surface area contributed by atoms with E-state index >= 15 is 0 Å². The van der Waals surface area contributed by atoms with E-state index in [1.807, 2.05) is 7.11 Å². The second-order valence-electron chi connectivity index (χ2n) is 7.98. The minimum atomic E-state index is -2.11. The molecule has 0 radical (unpaired) electrons. The van der Waals surface area contributed by atoms with Crippen LogP contribution in [0.4, 0.5) is 0 Å². The molecule has 0 spiro atoms. The van der Waals surface area contributed by atoms with Gasteiger partial charge in [-0.15, -0.1) is 0 Å². The molecule has 130 valence electrons. The highest BCUT2D eigenvalue weighted by Gasteiger charge is 2.45. The smallest absolute Gasteiger partial charge is 0.325 e. The Morgan fingerprint density at radius 2 is 1.86 bits per heavy atom. The zero-order valence-corrected chi connectivity index (χ0v) is 18.3. The number of ether oxygens (including phenoxy) is 1. The van der Waals surface area contributed by atoms with Crippen molar-refractivity contribution < 1.29 is 17.7 Å². The SMILES string of the molecule is CO[Si](C)(CCC1CCC2OC2C1)O[Si](C)(C)OC[SiH](C)C. The summed E-state index contributed by atoms with van der Waals surface area (Å²) < 4.78 is 24.1. The second kappa shape index (κ2) is 7.59. The molecule has 2 fully saturated rings. The van der Waals surface area contributed by atoms with Gasteiger partial charge in [-0.1, -0.05) is 13.1 Å². The third-order valence-corrected chi connectivity index (χ3v) is 12.6. The largest absolute Gasteiger partial charge is 0.415 e. The second-order valence-corrected chi connectivity index (χ2v) is 18.2. The van der Waals surface area contributed by atoms with Crippen LogP contribution in [0.15, 0.2) is 0 Å². The molecule has 0 bridgehead atoms. The molecule has 4 unspecified atom stereocenters. The number of hydrogen-bond donors (Lipinski definition) is 0. The molecule has 0 aromatic heterocycles. The van der Waals surface area contributed by atoms with Crippen molar-refractivity contribution in [1.82, 2.24) is 0 Å². The van der Waals surface area contributed by atoms with E-state index in [-0.39, 0.29) is 0 Å². The first kappa shape index (κ1) is 18.8. The van der Waals surface area contributed by atoms with Gasteiger partial charge in [0.25, 0.3) is 0 Å². The molecular weight excluding hydrogens is 328 g/mol. The molecule has 1 aliphatic carbocycles. The minimum Gasteiger partial charge on any atom is -0.415 e. The van der Waals surface area contributed by atoms with Crippen LogP contribution in [0.1, 0.15) is 25.7 Å². The summed E-state index contributed by atoms with van der Waals surface area (Å²) in [6.45, 7) is 11.2. The standard InChI is InChI=1S/C15H34O4Si3/c1-16-22(6,19-21(4,5)17-12-20(2)3)10-9-13-7-8-14-15(11-13)18-14/h13-15,20H,7-12H2,1-6H3. The van der Waals surface area contributed by atoms with Crippen molar-refractivity contribution in [1.29, 1.82) is 0 Å². The first-order valence-electron chi connectivity index (χ1n) is 8.78. The molecule has 4 nitrogen and oxygen atoms in total. The summed E-state index contributed by atoms with van der Waals surface area (Å²) in [6.07, 6.45) is 7.10. The van der Waals surface area contributed by atoms with Gasteiger partial charge in [-0.25, -0.2) is 0 Å². The molecule has 0 N–H and O–H groups in total. The third-order valence-electron chi connectivity index (χ3n) is 4.78. The van der Waals surface area contributed by atoms with Gasteiger partial charge in [0.1, 0.15) is 0 Å². The molecule has 2 rings (SSSR count). The topological polar surface area (TPSA) is 40.2 Å². The molecule has 1 aliphatic heterocycles. The fourth-order valence-corrected chi connectivity index (χ4v) is 12.5. The van der Waals surface area contributed by atoms with Gasteiger partial charge in [-0.3, -0.25) is 0 Å². The van der Waals surface area contributed by atoms with Gasteiger partial charge in [0, 0.05) is 13.3 Å². The summed E-state index contributed by atoms with van der Waals surface area (Å²) in [5, 5.41) is 0. The molecule has 1 saturated heterocycles. The number of fused-ring (bicyclic) bond motifs is 1. The molecule has 4 atom stereocenters. The van der Waals surface area contributed by atoms with Crippen molar-refractivity contribution >= 4 is 25.9 Å². The van der Waals surface area contributed by atoms with Crippen LogP contribution in [0.3, 0.4) is 0 Å². The zero-order valence-electron chi connectivity index (χ0n) is 15.2. The first-order valence-corrected chi connectivity index (χ1v) is 17.2. The Balaban J connectivity index is 1.79. The number of rotatable bonds is 9. The van der Waals surface area contributed by atoms with Crippen LogP contribution in [0, 0.1) is 5.92 Å². The third kappa shape index (κ3) is 5.85. The summed E-state index contributed by atoms with van der Waals surface area (Å²) in [4.78, 5) is 0. The Labute approximate surface area is 140 Å². The maximum absolute atomic E-state index is 6.48. The van der Waals surface area contributed by atoms with Crippen LogP contribution < -0.4 is 0 Å². The molecular formula is C15H34O4Si3. The fraction of sp³-hybridized carbons (Fsp3) is 1.00. The lowest BCUT2D eigenvalue weighted by Gasteiger charge is -2.35. The Bertz CT molecular complexity index is 367. The number of hydrogen-bond acceptors (Lipinski definition) is 4. The maximum Gasteiger partial charge on any atom is 0.325 e. The lowest BCUT2D eigenvalue weighted by molar-refractivity contribution is 0.231. The van der Waals surface area contributed by atoms with Crippen LogP contribution in [-0.4, -0.2) is 51.5 Å². The van der Waals surface area contributed by atoms with Crippen molar-refractivity contribution in [2.75, 3.05) is 13.3 Å². The summed E-state index contributed by atoms with van der Waals surface area (Å²) >= 11 is 0. The molecule has 1 heterocycles. The highest BCUT2D eigenvalue weighted by molar-refractivity contribution is 6.79. The van der Waals surface area contributed by atoms with Gasteiger partial charge in [0.15, 0.2) is 0 Å². The Hall–Kier alpha value is 0.491. The van der Waals surface area contributed by atoms with Crippen molar-refractivity contribution in [3.05, 3.63) is 0 Å². The van der Waals surface area contributed by atoms with Crippen LogP contribution in [0.25, 0.3) is 0 Å². The van der Waals surface area contributed by atoms with Gasteiger partial charge < -0.3 is 17.7 Å². The lowest BCUT2D eigenvalue weighted by Crippen LogP contribution is -2.50. The first-order chi connectivity index (χ1) is 10.2. The Morgan fingerprint density at radius 1 is 1.14 bits per heavy atom. The minimum absolute atomic E-state index is 0.570. The van der Waals surface area contributed by atoms with Crippen LogP contribution >= 0.6 is 0 Å². The van der Waals surface area contributed by atoms with Crippen LogP contribution in [0.5, 0.6) is 0 Å². The van der Waals surface area contributed by atoms with E-state index in [2.05, 4.69) is 32.7 Å². The van der Waals surface area contributed by atoms with Gasteiger partial charge in [0.05, 0.1) is 21.0 Å². The summed E-state index contributed by atoms with van der Waals surface area (Å²) in [6, 6.07) is 1.07. The van der Waals surface area contributed by atoms with Gasteiger partial charge in [-0.2, -0.15) is 0 Å². The van der Waals surface area contributed by atoms with E-state index in [1.54, 1.807) is 0 Å². The fourth-order valence-electron chi connectivity index (χ4n) is 3.33. The molecule has 2 aliphatic rings. The van der Waals surface area contributed by atoms with Gasteiger partial charge in [-0.05, 0) is 57.3 Å². The normalized spacial score (nSPS) is 31.0. The predicted molar refractivity (Wildman–Crippen MR) is 97.4 cm³/mol. The van der Waals surface area contributed by atoms with Gasteiger partial charge in [0.2, 0.25) is 0 Å². The lowest BCUT2D eigenvalue weighted by atomic mass is 9.88. The summed E-state index contributed by atoms with van der Waals surface area (Å²) in [5.41, 5.74) is 0. The monoisotopic (exact) mass is 362 g/mol. The van der Waals surface area contributed by atoms with Crippen LogP contribution in [-0.2, 0) is 17.7 Å².